The fourth-order valence-electron chi connectivity index (χ4n) is 1.41. The van der Waals surface area contributed by atoms with Crippen LogP contribution in [0.15, 0.2) is 12.4 Å². The van der Waals surface area contributed by atoms with E-state index in [4.69, 9.17) is 9.84 Å². The molecule has 0 amide bonds. The Morgan fingerprint density at radius 1 is 1.65 bits per heavy atom. The van der Waals surface area contributed by atoms with Crippen molar-refractivity contribution in [2.24, 2.45) is 7.05 Å². The molecule has 2 aromatic rings. The van der Waals surface area contributed by atoms with Gasteiger partial charge in [0.1, 0.15) is 9.88 Å². The van der Waals surface area contributed by atoms with E-state index in [0.29, 0.717) is 10.7 Å². The van der Waals surface area contributed by atoms with Crippen LogP contribution in [0.5, 0.6) is 0 Å². The van der Waals surface area contributed by atoms with Crippen molar-refractivity contribution in [3.05, 3.63) is 23.0 Å². The lowest BCUT2D eigenvalue weighted by molar-refractivity contribution is 0.0697. The maximum Gasteiger partial charge on any atom is 0.347 e. The highest BCUT2D eigenvalue weighted by Gasteiger charge is 2.18. The predicted octanol–water partition coefficient (Wildman–Crippen LogP) is 1.39. The van der Waals surface area contributed by atoms with E-state index in [2.05, 4.69) is 10.1 Å². The molecule has 0 aromatic carbocycles. The molecular weight excluding hydrogens is 242 g/mol. The molecule has 2 heterocycles. The zero-order chi connectivity index (χ0) is 12.4. The van der Waals surface area contributed by atoms with Crippen molar-refractivity contribution in [3.8, 4) is 10.6 Å². The molecule has 0 radical (unpaired) electrons. The second-order valence-corrected chi connectivity index (χ2v) is 4.43. The van der Waals surface area contributed by atoms with Crippen LogP contribution < -0.4 is 0 Å². The number of ether oxygens (including phenoxy) is 1. The predicted molar refractivity (Wildman–Crippen MR) is 62.0 cm³/mol. The third kappa shape index (κ3) is 2.34. The first-order valence-electron chi connectivity index (χ1n) is 4.82. The minimum atomic E-state index is -0.982. The summed E-state index contributed by atoms with van der Waals surface area (Å²) in [7, 11) is 3.31. The maximum absolute atomic E-state index is 11.0. The molecule has 0 aliphatic heterocycles. The third-order valence-electron chi connectivity index (χ3n) is 2.12. The zero-order valence-electron chi connectivity index (χ0n) is 9.38. The van der Waals surface area contributed by atoms with E-state index in [9.17, 15) is 4.79 Å². The van der Waals surface area contributed by atoms with E-state index in [-0.39, 0.29) is 11.5 Å². The maximum atomic E-state index is 11.0. The number of aryl methyl sites for hydroxylation is 1. The second kappa shape index (κ2) is 4.64. The van der Waals surface area contributed by atoms with E-state index < -0.39 is 5.97 Å². The molecular formula is C10H11N3O3S. The van der Waals surface area contributed by atoms with Crippen LogP contribution in [0.4, 0.5) is 0 Å². The SMILES string of the molecule is COCc1nc(-c2cnn(C)c2)sc1C(=O)O. The standard InChI is InChI=1S/C10H11N3O3S/c1-13-4-6(3-11-13)9-12-7(5-16-2)8(17-9)10(14)15/h3-4H,5H2,1-2H3,(H,14,15). The first kappa shape index (κ1) is 11.7. The quantitative estimate of drug-likeness (QED) is 0.890. The summed E-state index contributed by atoms with van der Waals surface area (Å²) in [4.78, 5) is 15.5. The summed E-state index contributed by atoms with van der Waals surface area (Å²) in [5.41, 5.74) is 1.26. The molecule has 7 heteroatoms. The Labute approximate surface area is 101 Å². The fraction of sp³-hybridized carbons (Fsp3) is 0.300. The molecule has 90 valence electrons. The summed E-state index contributed by atoms with van der Waals surface area (Å²) in [5.74, 6) is -0.982. The van der Waals surface area contributed by atoms with E-state index in [1.165, 1.54) is 7.11 Å². The van der Waals surface area contributed by atoms with Gasteiger partial charge in [0.05, 0.1) is 18.5 Å². The smallest absolute Gasteiger partial charge is 0.347 e. The van der Waals surface area contributed by atoms with Gasteiger partial charge in [-0.05, 0) is 0 Å². The van der Waals surface area contributed by atoms with E-state index >= 15 is 0 Å². The van der Waals surface area contributed by atoms with E-state index in [1.54, 1.807) is 24.1 Å². The number of carboxylic acid groups (broad SMARTS) is 1. The normalized spacial score (nSPS) is 10.7. The van der Waals surface area contributed by atoms with Gasteiger partial charge in [0, 0.05) is 25.9 Å². The Morgan fingerprint density at radius 2 is 2.41 bits per heavy atom. The van der Waals surface area contributed by atoms with Crippen LogP contribution in [-0.4, -0.2) is 33.0 Å². The van der Waals surface area contributed by atoms with Gasteiger partial charge in [-0.15, -0.1) is 11.3 Å². The first-order valence-corrected chi connectivity index (χ1v) is 5.64. The van der Waals surface area contributed by atoms with Crippen molar-refractivity contribution < 1.29 is 14.6 Å². The van der Waals surface area contributed by atoms with Gasteiger partial charge in [-0.2, -0.15) is 5.10 Å². The topological polar surface area (TPSA) is 77.2 Å². The number of rotatable bonds is 4. The molecule has 0 saturated heterocycles. The Kier molecular flexibility index (Phi) is 3.21. The van der Waals surface area contributed by atoms with Crippen molar-refractivity contribution in [3.63, 3.8) is 0 Å². The average molecular weight is 253 g/mol. The molecule has 0 bridgehead atoms. The Bertz CT molecular complexity index is 547. The molecule has 6 nitrogen and oxygen atoms in total. The lowest BCUT2D eigenvalue weighted by Crippen LogP contribution is -1.99. The lowest BCUT2D eigenvalue weighted by Gasteiger charge is -1.94. The fourth-order valence-corrected chi connectivity index (χ4v) is 2.29. The van der Waals surface area contributed by atoms with E-state index in [0.717, 1.165) is 16.9 Å². The third-order valence-corrected chi connectivity index (χ3v) is 3.26. The number of hydrogen-bond acceptors (Lipinski definition) is 5. The monoisotopic (exact) mass is 253 g/mol. The highest BCUT2D eigenvalue weighted by Crippen LogP contribution is 2.28. The highest BCUT2D eigenvalue weighted by atomic mass is 32.1. The molecule has 17 heavy (non-hydrogen) atoms. The number of hydrogen-bond donors (Lipinski definition) is 1. The van der Waals surface area contributed by atoms with E-state index in [1.807, 2.05) is 0 Å². The number of aromatic carboxylic acids is 1. The van der Waals surface area contributed by atoms with Crippen LogP contribution in [0.3, 0.4) is 0 Å². The molecule has 2 rings (SSSR count). The van der Waals surface area contributed by atoms with Gasteiger partial charge >= 0.3 is 5.97 Å². The number of carbonyl (C=O) groups is 1. The molecule has 0 saturated carbocycles. The number of methoxy groups -OCH3 is 1. The molecule has 1 N–H and O–H groups in total. The minimum Gasteiger partial charge on any atom is -0.477 e. The summed E-state index contributed by atoms with van der Waals surface area (Å²) in [6.45, 7) is 0.193. The molecule has 0 fully saturated rings. The summed E-state index contributed by atoms with van der Waals surface area (Å²) in [6.07, 6.45) is 3.45. The molecule has 0 aliphatic rings. The van der Waals surface area contributed by atoms with Gasteiger partial charge in [-0.25, -0.2) is 9.78 Å². The van der Waals surface area contributed by atoms with Gasteiger partial charge in [0.2, 0.25) is 0 Å². The van der Waals surface area contributed by atoms with Crippen LogP contribution in [0.1, 0.15) is 15.4 Å². The lowest BCUT2D eigenvalue weighted by atomic mass is 10.3. The van der Waals surface area contributed by atoms with Gasteiger partial charge in [-0.3, -0.25) is 4.68 Å². The van der Waals surface area contributed by atoms with Gasteiger partial charge in [0.15, 0.2) is 0 Å². The number of aromatic nitrogens is 3. The second-order valence-electron chi connectivity index (χ2n) is 3.44. The highest BCUT2D eigenvalue weighted by molar-refractivity contribution is 7.17. The van der Waals surface area contributed by atoms with Gasteiger partial charge < -0.3 is 9.84 Å². The van der Waals surface area contributed by atoms with Crippen molar-refractivity contribution in [2.45, 2.75) is 6.61 Å². The van der Waals surface area contributed by atoms with Gasteiger partial charge in [0.25, 0.3) is 0 Å². The summed E-state index contributed by atoms with van der Waals surface area (Å²) >= 11 is 1.13. The van der Waals surface area contributed by atoms with Crippen LogP contribution in [-0.2, 0) is 18.4 Å². The molecule has 0 aliphatic carbocycles. The zero-order valence-corrected chi connectivity index (χ0v) is 10.2. The summed E-state index contributed by atoms with van der Waals surface area (Å²) in [6, 6.07) is 0. The molecule has 0 spiro atoms. The van der Waals surface area contributed by atoms with Crippen molar-refractivity contribution >= 4 is 17.3 Å². The Hall–Kier alpha value is -1.73. The number of nitrogens with zero attached hydrogens (tertiary/aromatic N) is 3. The van der Waals surface area contributed by atoms with Crippen molar-refractivity contribution in [2.75, 3.05) is 7.11 Å². The van der Waals surface area contributed by atoms with Crippen LogP contribution >= 0.6 is 11.3 Å². The largest absolute Gasteiger partial charge is 0.477 e. The Balaban J connectivity index is 2.43. The molecule has 2 aromatic heterocycles. The summed E-state index contributed by atoms with van der Waals surface area (Å²) < 4.78 is 6.58. The Morgan fingerprint density at radius 3 is 2.94 bits per heavy atom. The molecule has 0 atom stereocenters. The van der Waals surface area contributed by atoms with Crippen LogP contribution in [0.2, 0.25) is 0 Å². The molecule has 0 unspecified atom stereocenters. The number of carboxylic acids is 1. The van der Waals surface area contributed by atoms with Crippen LogP contribution in [0.25, 0.3) is 10.6 Å². The summed E-state index contributed by atoms with van der Waals surface area (Å²) in [5, 5.41) is 13.7. The number of thiazole rings is 1. The average Bonchev–Trinajstić information content (AvgIpc) is 2.85. The van der Waals surface area contributed by atoms with Crippen molar-refractivity contribution in [1.29, 1.82) is 0 Å². The van der Waals surface area contributed by atoms with Crippen LogP contribution in [0, 0.1) is 0 Å². The van der Waals surface area contributed by atoms with Gasteiger partial charge in [-0.1, -0.05) is 0 Å². The first-order chi connectivity index (χ1) is 8.11. The minimum absolute atomic E-state index is 0.193. The van der Waals surface area contributed by atoms with Crippen molar-refractivity contribution in [1.82, 2.24) is 14.8 Å².